The zero-order valence-electron chi connectivity index (χ0n) is 12.8. The van der Waals surface area contributed by atoms with Crippen LogP contribution in [0.4, 0.5) is 0 Å². The summed E-state index contributed by atoms with van der Waals surface area (Å²) in [6.07, 6.45) is 2.14. The van der Waals surface area contributed by atoms with Crippen molar-refractivity contribution in [3.05, 3.63) is 47.6 Å². The van der Waals surface area contributed by atoms with Gasteiger partial charge in [0, 0.05) is 6.04 Å². The van der Waals surface area contributed by atoms with Gasteiger partial charge in [0.05, 0.1) is 13.1 Å². The second-order valence-electron chi connectivity index (χ2n) is 5.11. The lowest BCUT2D eigenvalue weighted by Crippen LogP contribution is -2.29. The molecule has 0 aliphatic rings. The molecular weight excluding hydrogens is 264 g/mol. The average Bonchev–Trinajstić information content (AvgIpc) is 2.97. The van der Waals surface area contributed by atoms with Gasteiger partial charge in [-0.3, -0.25) is 4.90 Å². The molecule has 0 aliphatic heterocycles. The predicted molar refractivity (Wildman–Crippen MR) is 82.4 cm³/mol. The SMILES string of the molecule is CCCN(Cc1noc(CN)n1)C(CC)c1ccccc1. The third-order valence-electron chi connectivity index (χ3n) is 3.55. The smallest absolute Gasteiger partial charge is 0.240 e. The van der Waals surface area contributed by atoms with Crippen LogP contribution in [0.5, 0.6) is 0 Å². The molecule has 1 aromatic carbocycles. The molecule has 1 atom stereocenters. The van der Waals surface area contributed by atoms with Crippen molar-refractivity contribution in [2.24, 2.45) is 5.73 Å². The third-order valence-corrected chi connectivity index (χ3v) is 3.55. The van der Waals surface area contributed by atoms with E-state index in [1.165, 1.54) is 5.56 Å². The van der Waals surface area contributed by atoms with Crippen molar-refractivity contribution in [3.8, 4) is 0 Å². The van der Waals surface area contributed by atoms with Crippen molar-refractivity contribution in [3.63, 3.8) is 0 Å². The highest BCUT2D eigenvalue weighted by atomic mass is 16.5. The van der Waals surface area contributed by atoms with E-state index < -0.39 is 0 Å². The van der Waals surface area contributed by atoms with Crippen LogP contribution in [0.25, 0.3) is 0 Å². The molecule has 2 rings (SSSR count). The predicted octanol–water partition coefficient (Wildman–Crippen LogP) is 2.89. The Morgan fingerprint density at radius 3 is 2.57 bits per heavy atom. The van der Waals surface area contributed by atoms with Crippen LogP contribution in [0.2, 0.25) is 0 Å². The molecule has 0 spiro atoms. The molecule has 0 fully saturated rings. The van der Waals surface area contributed by atoms with E-state index in [1.54, 1.807) is 0 Å². The molecule has 0 bridgehead atoms. The van der Waals surface area contributed by atoms with Crippen LogP contribution in [0, 0.1) is 0 Å². The van der Waals surface area contributed by atoms with E-state index in [4.69, 9.17) is 10.3 Å². The fourth-order valence-electron chi connectivity index (χ4n) is 2.63. The molecule has 0 amide bonds. The first-order valence-corrected chi connectivity index (χ1v) is 7.59. The molecule has 2 aromatic rings. The van der Waals surface area contributed by atoms with Crippen LogP contribution in [-0.2, 0) is 13.1 Å². The minimum Gasteiger partial charge on any atom is -0.338 e. The lowest BCUT2D eigenvalue weighted by molar-refractivity contribution is 0.176. The summed E-state index contributed by atoms with van der Waals surface area (Å²) >= 11 is 0. The molecule has 1 aromatic heterocycles. The fraction of sp³-hybridized carbons (Fsp3) is 0.500. The summed E-state index contributed by atoms with van der Waals surface area (Å²) < 4.78 is 5.10. The Hall–Kier alpha value is -1.72. The van der Waals surface area contributed by atoms with Crippen LogP contribution < -0.4 is 5.73 Å². The van der Waals surface area contributed by atoms with Gasteiger partial charge in [0.2, 0.25) is 5.89 Å². The molecule has 0 radical (unpaired) electrons. The number of aromatic nitrogens is 2. The minimum absolute atomic E-state index is 0.288. The van der Waals surface area contributed by atoms with Gasteiger partial charge in [0.15, 0.2) is 5.82 Å². The maximum Gasteiger partial charge on any atom is 0.240 e. The number of hydrogen-bond acceptors (Lipinski definition) is 5. The van der Waals surface area contributed by atoms with Crippen molar-refractivity contribution in [2.45, 2.75) is 45.8 Å². The second-order valence-corrected chi connectivity index (χ2v) is 5.11. The average molecular weight is 288 g/mol. The highest BCUT2D eigenvalue weighted by Gasteiger charge is 2.20. The second kappa shape index (κ2) is 7.90. The highest BCUT2D eigenvalue weighted by Crippen LogP contribution is 2.25. The van der Waals surface area contributed by atoms with E-state index in [1.807, 2.05) is 6.07 Å². The monoisotopic (exact) mass is 288 g/mol. The lowest BCUT2D eigenvalue weighted by atomic mass is 10.0. The van der Waals surface area contributed by atoms with Crippen molar-refractivity contribution >= 4 is 0 Å². The van der Waals surface area contributed by atoms with Gasteiger partial charge in [-0.25, -0.2) is 0 Å². The molecule has 5 nitrogen and oxygen atoms in total. The summed E-state index contributed by atoms with van der Waals surface area (Å²) in [6, 6.07) is 10.9. The summed E-state index contributed by atoms with van der Waals surface area (Å²) in [5.41, 5.74) is 6.85. The number of nitrogens with zero attached hydrogens (tertiary/aromatic N) is 3. The zero-order chi connectivity index (χ0) is 15.1. The molecule has 0 saturated heterocycles. The van der Waals surface area contributed by atoms with Crippen LogP contribution >= 0.6 is 0 Å². The van der Waals surface area contributed by atoms with E-state index in [2.05, 4.69) is 53.2 Å². The van der Waals surface area contributed by atoms with Gasteiger partial charge in [0.1, 0.15) is 0 Å². The van der Waals surface area contributed by atoms with Gasteiger partial charge in [-0.1, -0.05) is 49.3 Å². The summed E-state index contributed by atoms with van der Waals surface area (Å²) in [7, 11) is 0. The van der Waals surface area contributed by atoms with Gasteiger partial charge >= 0.3 is 0 Å². The van der Waals surface area contributed by atoms with Gasteiger partial charge in [-0.15, -0.1) is 0 Å². The Morgan fingerprint density at radius 1 is 1.24 bits per heavy atom. The van der Waals surface area contributed by atoms with Crippen molar-refractivity contribution < 1.29 is 4.52 Å². The van der Waals surface area contributed by atoms with Gasteiger partial charge < -0.3 is 10.3 Å². The van der Waals surface area contributed by atoms with Gasteiger partial charge in [0.25, 0.3) is 0 Å². The summed E-state index contributed by atoms with van der Waals surface area (Å²) in [5.74, 6) is 1.20. The molecule has 1 unspecified atom stereocenters. The zero-order valence-corrected chi connectivity index (χ0v) is 12.8. The van der Waals surface area contributed by atoms with Gasteiger partial charge in [-0.2, -0.15) is 4.98 Å². The molecule has 5 heteroatoms. The normalized spacial score (nSPS) is 12.8. The molecule has 2 N–H and O–H groups in total. The molecule has 21 heavy (non-hydrogen) atoms. The van der Waals surface area contributed by atoms with Crippen molar-refractivity contribution in [1.82, 2.24) is 15.0 Å². The van der Waals surface area contributed by atoms with Crippen molar-refractivity contribution in [1.29, 1.82) is 0 Å². The fourth-order valence-corrected chi connectivity index (χ4v) is 2.63. The number of nitrogens with two attached hydrogens (primary N) is 1. The number of benzene rings is 1. The number of hydrogen-bond donors (Lipinski definition) is 1. The van der Waals surface area contributed by atoms with E-state index >= 15 is 0 Å². The molecular formula is C16H24N4O. The Labute approximate surface area is 126 Å². The summed E-state index contributed by atoms with van der Waals surface area (Å²) in [6.45, 7) is 6.37. The molecule has 1 heterocycles. The van der Waals surface area contributed by atoms with Crippen LogP contribution in [0.3, 0.4) is 0 Å². The first-order valence-electron chi connectivity index (χ1n) is 7.59. The Balaban J connectivity index is 2.16. The first-order chi connectivity index (χ1) is 10.3. The van der Waals surface area contributed by atoms with E-state index in [-0.39, 0.29) is 6.54 Å². The maximum absolute atomic E-state index is 5.52. The van der Waals surface area contributed by atoms with Crippen molar-refractivity contribution in [2.75, 3.05) is 6.54 Å². The van der Waals surface area contributed by atoms with Crippen LogP contribution in [0.1, 0.15) is 50.0 Å². The standard InChI is InChI=1S/C16H24N4O/c1-3-10-20(12-15-18-16(11-17)21-19-15)14(4-2)13-8-6-5-7-9-13/h5-9,14H,3-4,10-12,17H2,1-2H3. The molecule has 0 saturated carbocycles. The summed E-state index contributed by atoms with van der Waals surface area (Å²) in [5, 5.41) is 4.01. The largest absolute Gasteiger partial charge is 0.338 e. The van der Waals surface area contributed by atoms with E-state index in [9.17, 15) is 0 Å². The Morgan fingerprint density at radius 2 is 2.00 bits per heavy atom. The molecule has 114 valence electrons. The first kappa shape index (κ1) is 15.7. The topological polar surface area (TPSA) is 68.2 Å². The van der Waals surface area contributed by atoms with Crippen LogP contribution in [-0.4, -0.2) is 21.6 Å². The highest BCUT2D eigenvalue weighted by molar-refractivity contribution is 5.19. The Kier molecular flexibility index (Phi) is 5.90. The quantitative estimate of drug-likeness (QED) is 0.809. The lowest BCUT2D eigenvalue weighted by Gasteiger charge is -2.30. The minimum atomic E-state index is 0.288. The van der Waals surface area contributed by atoms with E-state index in [0.29, 0.717) is 24.3 Å². The van der Waals surface area contributed by atoms with Crippen LogP contribution in [0.15, 0.2) is 34.9 Å². The van der Waals surface area contributed by atoms with E-state index in [0.717, 1.165) is 19.4 Å². The maximum atomic E-state index is 5.52. The summed E-state index contributed by atoms with van der Waals surface area (Å²) in [4.78, 5) is 6.72. The number of rotatable bonds is 8. The van der Waals surface area contributed by atoms with Gasteiger partial charge in [-0.05, 0) is 24.9 Å². The third kappa shape index (κ3) is 4.12. The molecule has 0 aliphatic carbocycles. The Bertz CT molecular complexity index is 526.